The molecule has 0 amide bonds. The van der Waals surface area contributed by atoms with Crippen LogP contribution in [0.4, 0.5) is 0 Å². The predicted molar refractivity (Wildman–Crippen MR) is 71.0 cm³/mol. The van der Waals surface area contributed by atoms with Crippen molar-refractivity contribution in [3.05, 3.63) is 0 Å². The SMILES string of the molecule is C[C@@H]1CC[C@H](O)[C@]2(C)CC[C@H](C(C)(C)O)[C@@H](O)[C@H]12. The van der Waals surface area contributed by atoms with Gasteiger partial charge < -0.3 is 15.3 Å². The Hall–Kier alpha value is -0.120. The van der Waals surface area contributed by atoms with Crippen molar-refractivity contribution in [2.24, 2.45) is 23.2 Å². The lowest BCUT2D eigenvalue weighted by Crippen LogP contribution is -2.59. The molecular weight excluding hydrogens is 228 g/mol. The molecule has 106 valence electrons. The first-order chi connectivity index (χ1) is 8.18. The van der Waals surface area contributed by atoms with E-state index in [1.807, 2.05) is 0 Å². The van der Waals surface area contributed by atoms with Crippen LogP contribution in [0.5, 0.6) is 0 Å². The van der Waals surface area contributed by atoms with Gasteiger partial charge in [0.1, 0.15) is 0 Å². The maximum absolute atomic E-state index is 10.7. The van der Waals surface area contributed by atoms with Gasteiger partial charge in [-0.05, 0) is 56.8 Å². The smallest absolute Gasteiger partial charge is 0.0644 e. The van der Waals surface area contributed by atoms with Crippen molar-refractivity contribution in [3.63, 3.8) is 0 Å². The lowest BCUT2D eigenvalue weighted by molar-refractivity contribution is -0.184. The van der Waals surface area contributed by atoms with Crippen molar-refractivity contribution in [2.75, 3.05) is 0 Å². The van der Waals surface area contributed by atoms with E-state index in [0.717, 1.165) is 25.7 Å². The van der Waals surface area contributed by atoms with Gasteiger partial charge in [-0.2, -0.15) is 0 Å². The molecule has 0 radical (unpaired) electrons. The van der Waals surface area contributed by atoms with E-state index in [1.54, 1.807) is 13.8 Å². The minimum atomic E-state index is -0.844. The number of hydrogen-bond donors (Lipinski definition) is 3. The average molecular weight is 256 g/mol. The van der Waals surface area contributed by atoms with Crippen molar-refractivity contribution in [3.8, 4) is 0 Å². The molecule has 0 spiro atoms. The maximum Gasteiger partial charge on any atom is 0.0644 e. The third-order valence-electron chi connectivity index (χ3n) is 5.71. The molecule has 2 fully saturated rings. The zero-order chi connectivity index (χ0) is 13.7. The molecule has 0 bridgehead atoms. The molecule has 2 aliphatic carbocycles. The second-order valence-corrected chi connectivity index (χ2v) is 7.39. The van der Waals surface area contributed by atoms with E-state index in [9.17, 15) is 15.3 Å². The first-order valence-corrected chi connectivity index (χ1v) is 7.26. The molecule has 2 aliphatic rings. The Morgan fingerprint density at radius 3 is 2.28 bits per heavy atom. The number of hydrogen-bond acceptors (Lipinski definition) is 3. The van der Waals surface area contributed by atoms with Crippen LogP contribution in [0.3, 0.4) is 0 Å². The second-order valence-electron chi connectivity index (χ2n) is 7.39. The summed E-state index contributed by atoms with van der Waals surface area (Å²) in [7, 11) is 0. The van der Waals surface area contributed by atoms with Gasteiger partial charge in [0.2, 0.25) is 0 Å². The molecule has 0 heterocycles. The van der Waals surface area contributed by atoms with Crippen LogP contribution in [0.25, 0.3) is 0 Å². The number of fused-ring (bicyclic) bond motifs is 1. The Kier molecular flexibility index (Phi) is 3.54. The van der Waals surface area contributed by atoms with Crippen LogP contribution in [0.2, 0.25) is 0 Å². The average Bonchev–Trinajstić information content (AvgIpc) is 2.22. The molecule has 6 atom stereocenters. The van der Waals surface area contributed by atoms with Crippen LogP contribution in [0.1, 0.15) is 53.4 Å². The van der Waals surface area contributed by atoms with Crippen LogP contribution in [-0.4, -0.2) is 33.1 Å². The maximum atomic E-state index is 10.7. The molecule has 0 aliphatic heterocycles. The minimum Gasteiger partial charge on any atom is -0.393 e. The summed E-state index contributed by atoms with van der Waals surface area (Å²) in [6.07, 6.45) is 2.69. The zero-order valence-corrected chi connectivity index (χ0v) is 12.1. The van der Waals surface area contributed by atoms with E-state index >= 15 is 0 Å². The van der Waals surface area contributed by atoms with Crippen LogP contribution in [0.15, 0.2) is 0 Å². The van der Waals surface area contributed by atoms with Crippen molar-refractivity contribution in [2.45, 2.75) is 71.2 Å². The van der Waals surface area contributed by atoms with E-state index in [2.05, 4.69) is 13.8 Å². The van der Waals surface area contributed by atoms with Crippen LogP contribution < -0.4 is 0 Å². The summed E-state index contributed by atoms with van der Waals surface area (Å²) < 4.78 is 0. The van der Waals surface area contributed by atoms with Crippen molar-refractivity contribution < 1.29 is 15.3 Å². The van der Waals surface area contributed by atoms with E-state index in [-0.39, 0.29) is 23.4 Å². The molecule has 2 rings (SSSR count). The molecule has 0 aromatic carbocycles. The van der Waals surface area contributed by atoms with Gasteiger partial charge in [-0.15, -0.1) is 0 Å². The van der Waals surface area contributed by atoms with Gasteiger partial charge in [-0.3, -0.25) is 0 Å². The molecule has 0 aromatic rings. The Balaban J connectivity index is 2.29. The predicted octanol–water partition coefficient (Wildman–Crippen LogP) is 1.94. The van der Waals surface area contributed by atoms with Crippen molar-refractivity contribution >= 4 is 0 Å². The molecule has 0 aromatic heterocycles. The monoisotopic (exact) mass is 256 g/mol. The van der Waals surface area contributed by atoms with E-state index < -0.39 is 11.7 Å². The Morgan fingerprint density at radius 2 is 1.72 bits per heavy atom. The fourth-order valence-electron chi connectivity index (χ4n) is 4.52. The summed E-state index contributed by atoms with van der Waals surface area (Å²) in [4.78, 5) is 0. The summed E-state index contributed by atoms with van der Waals surface area (Å²) in [5.41, 5.74) is -1.03. The lowest BCUT2D eigenvalue weighted by Gasteiger charge is -2.57. The standard InChI is InChI=1S/C15H28O3/c1-9-5-6-11(16)15(4)8-7-10(14(2,3)18)13(17)12(9)15/h9-13,16-18H,5-8H2,1-4H3/t9-,10+,11+,12+,13-,15+/m1/s1. The van der Waals surface area contributed by atoms with Gasteiger partial charge in [0, 0.05) is 5.92 Å². The van der Waals surface area contributed by atoms with E-state index in [4.69, 9.17) is 0 Å². The molecule has 3 N–H and O–H groups in total. The van der Waals surface area contributed by atoms with Crippen molar-refractivity contribution in [1.29, 1.82) is 0 Å². The van der Waals surface area contributed by atoms with Gasteiger partial charge in [0.25, 0.3) is 0 Å². The number of rotatable bonds is 1. The Morgan fingerprint density at radius 1 is 1.11 bits per heavy atom. The Labute approximate surface area is 110 Å². The van der Waals surface area contributed by atoms with Crippen LogP contribution in [0, 0.1) is 23.2 Å². The first kappa shape index (κ1) is 14.3. The summed E-state index contributed by atoms with van der Waals surface area (Å²) in [6, 6.07) is 0. The summed E-state index contributed by atoms with van der Waals surface area (Å²) in [6.45, 7) is 7.85. The first-order valence-electron chi connectivity index (χ1n) is 7.26. The fourth-order valence-corrected chi connectivity index (χ4v) is 4.52. The van der Waals surface area contributed by atoms with Gasteiger partial charge in [-0.1, -0.05) is 13.8 Å². The van der Waals surface area contributed by atoms with Crippen molar-refractivity contribution in [1.82, 2.24) is 0 Å². The van der Waals surface area contributed by atoms with Crippen LogP contribution >= 0.6 is 0 Å². The highest BCUT2D eigenvalue weighted by Crippen LogP contribution is 2.55. The largest absolute Gasteiger partial charge is 0.393 e. The molecule has 3 heteroatoms. The number of aliphatic hydroxyl groups is 3. The molecule has 2 saturated carbocycles. The molecule has 3 nitrogen and oxygen atoms in total. The highest BCUT2D eigenvalue weighted by atomic mass is 16.3. The minimum absolute atomic E-state index is 0.0803. The highest BCUT2D eigenvalue weighted by Gasteiger charge is 2.55. The zero-order valence-electron chi connectivity index (χ0n) is 12.1. The summed E-state index contributed by atoms with van der Waals surface area (Å²) >= 11 is 0. The third kappa shape index (κ3) is 2.10. The van der Waals surface area contributed by atoms with Crippen LogP contribution in [-0.2, 0) is 0 Å². The molecular formula is C15H28O3. The normalized spacial score (nSPS) is 49.8. The van der Waals surface area contributed by atoms with E-state index in [1.165, 1.54) is 0 Å². The second kappa shape index (κ2) is 4.46. The van der Waals surface area contributed by atoms with Gasteiger partial charge in [0.05, 0.1) is 17.8 Å². The van der Waals surface area contributed by atoms with Gasteiger partial charge in [-0.25, -0.2) is 0 Å². The van der Waals surface area contributed by atoms with Gasteiger partial charge in [0.15, 0.2) is 0 Å². The molecule has 0 saturated heterocycles. The molecule has 18 heavy (non-hydrogen) atoms. The quantitative estimate of drug-likeness (QED) is 0.672. The van der Waals surface area contributed by atoms with E-state index in [0.29, 0.717) is 5.92 Å². The van der Waals surface area contributed by atoms with Gasteiger partial charge >= 0.3 is 0 Å². The number of aliphatic hydroxyl groups excluding tert-OH is 2. The fraction of sp³-hybridized carbons (Fsp3) is 1.00. The summed E-state index contributed by atoms with van der Waals surface area (Å²) in [5, 5.41) is 31.2. The molecule has 0 unspecified atom stereocenters. The lowest BCUT2D eigenvalue weighted by atomic mass is 9.51. The summed E-state index contributed by atoms with van der Waals surface area (Å²) in [5.74, 6) is 0.438. The highest BCUT2D eigenvalue weighted by molar-refractivity contribution is 5.05. The third-order valence-corrected chi connectivity index (χ3v) is 5.71. The Bertz CT molecular complexity index is 309. The topological polar surface area (TPSA) is 60.7 Å².